The predicted molar refractivity (Wildman–Crippen MR) is 89.9 cm³/mol. The number of halogens is 1. The van der Waals surface area contributed by atoms with E-state index in [0.29, 0.717) is 5.75 Å². The van der Waals surface area contributed by atoms with Crippen molar-refractivity contribution in [3.05, 3.63) is 69.5 Å². The Morgan fingerprint density at radius 1 is 1.19 bits per heavy atom. The Bertz CT molecular complexity index is 937. The molecule has 0 spiro atoms. The normalized spacial score (nSPS) is 12.2. The molecule has 0 atom stereocenters. The highest BCUT2D eigenvalue weighted by molar-refractivity contribution is 5.99. The molecular formula is C18H12FNO7. The number of ketones is 1. The van der Waals surface area contributed by atoms with Crippen LogP contribution in [0.15, 0.2) is 42.5 Å². The number of hydrogen-bond donors (Lipinski definition) is 0. The van der Waals surface area contributed by atoms with Crippen LogP contribution in [-0.4, -0.2) is 30.1 Å². The van der Waals surface area contributed by atoms with Crippen LogP contribution in [0.5, 0.6) is 11.5 Å². The molecule has 1 aliphatic rings. The number of carbonyl (C=O) groups excluding carboxylic acids is 2. The van der Waals surface area contributed by atoms with Crippen LogP contribution in [0.1, 0.15) is 15.9 Å². The number of nitrogens with zero attached hydrogens (tertiary/aromatic N) is 1. The largest absolute Gasteiger partial charge is 0.454 e. The third-order valence-electron chi connectivity index (χ3n) is 3.63. The molecule has 8 nitrogen and oxygen atoms in total. The predicted octanol–water partition coefficient (Wildman–Crippen LogP) is 2.90. The van der Waals surface area contributed by atoms with Crippen molar-refractivity contribution in [3.63, 3.8) is 0 Å². The average Bonchev–Trinajstić information content (AvgIpc) is 3.11. The van der Waals surface area contributed by atoms with Crippen molar-refractivity contribution in [2.45, 2.75) is 0 Å². The van der Waals surface area contributed by atoms with E-state index in [9.17, 15) is 24.1 Å². The van der Waals surface area contributed by atoms with Gasteiger partial charge in [0.05, 0.1) is 16.6 Å². The smallest absolute Gasteiger partial charge is 0.331 e. The molecule has 0 aliphatic carbocycles. The lowest BCUT2D eigenvalue weighted by Gasteiger charge is -2.03. The van der Waals surface area contributed by atoms with Crippen molar-refractivity contribution in [2.75, 3.05) is 13.4 Å². The minimum absolute atomic E-state index is 0.0484. The monoisotopic (exact) mass is 373 g/mol. The molecule has 0 radical (unpaired) electrons. The lowest BCUT2D eigenvalue weighted by molar-refractivity contribution is -0.385. The number of benzene rings is 2. The maximum atomic E-state index is 12.8. The number of carbonyl (C=O) groups is 2. The van der Waals surface area contributed by atoms with Crippen molar-refractivity contribution in [2.24, 2.45) is 0 Å². The number of fused-ring (bicyclic) bond motifs is 1. The lowest BCUT2D eigenvalue weighted by atomic mass is 10.1. The van der Waals surface area contributed by atoms with E-state index in [2.05, 4.69) is 0 Å². The van der Waals surface area contributed by atoms with Gasteiger partial charge in [0, 0.05) is 11.6 Å². The van der Waals surface area contributed by atoms with Crippen LogP contribution >= 0.6 is 0 Å². The summed E-state index contributed by atoms with van der Waals surface area (Å²) in [6.45, 7) is -0.592. The number of esters is 1. The van der Waals surface area contributed by atoms with Crippen LogP contribution in [0.25, 0.3) is 6.08 Å². The van der Waals surface area contributed by atoms with Gasteiger partial charge in [0.25, 0.3) is 5.69 Å². The number of nitro groups is 1. The topological polar surface area (TPSA) is 105 Å². The minimum Gasteiger partial charge on any atom is -0.454 e. The molecule has 0 aromatic heterocycles. The SMILES string of the molecule is O=C(/C=C/c1cc2c(cc1[N+](=O)[O-])OCO2)OCC(=O)c1ccc(F)cc1. The third-order valence-corrected chi connectivity index (χ3v) is 3.63. The highest BCUT2D eigenvalue weighted by atomic mass is 19.1. The van der Waals surface area contributed by atoms with Gasteiger partial charge in [-0.3, -0.25) is 14.9 Å². The number of hydrogen-bond acceptors (Lipinski definition) is 7. The Kier molecular flexibility index (Phi) is 5.11. The first-order valence-electron chi connectivity index (χ1n) is 7.65. The van der Waals surface area contributed by atoms with Gasteiger partial charge in [-0.15, -0.1) is 0 Å². The fourth-order valence-electron chi connectivity index (χ4n) is 2.30. The summed E-state index contributed by atoms with van der Waals surface area (Å²) in [5, 5.41) is 11.1. The van der Waals surface area contributed by atoms with E-state index >= 15 is 0 Å². The van der Waals surface area contributed by atoms with Crippen LogP contribution in [0, 0.1) is 15.9 Å². The van der Waals surface area contributed by atoms with Gasteiger partial charge in [-0.05, 0) is 36.4 Å². The van der Waals surface area contributed by atoms with Crippen LogP contribution in [-0.2, 0) is 9.53 Å². The number of rotatable bonds is 6. The molecule has 0 unspecified atom stereocenters. The molecule has 0 fully saturated rings. The maximum absolute atomic E-state index is 12.8. The summed E-state index contributed by atoms with van der Waals surface area (Å²) in [6, 6.07) is 7.36. The molecule has 0 bridgehead atoms. The lowest BCUT2D eigenvalue weighted by Crippen LogP contribution is -2.12. The summed E-state index contributed by atoms with van der Waals surface area (Å²) in [5.74, 6) is -1.30. The summed E-state index contributed by atoms with van der Waals surface area (Å²) in [6.07, 6.45) is 2.15. The van der Waals surface area contributed by atoms with Gasteiger partial charge in [0.1, 0.15) is 5.82 Å². The van der Waals surface area contributed by atoms with Crippen molar-refractivity contribution < 1.29 is 33.1 Å². The Hall–Kier alpha value is -3.75. The van der Waals surface area contributed by atoms with Crippen molar-refractivity contribution in [1.82, 2.24) is 0 Å². The average molecular weight is 373 g/mol. The number of ether oxygens (including phenoxy) is 3. The van der Waals surface area contributed by atoms with E-state index < -0.39 is 29.1 Å². The van der Waals surface area contributed by atoms with Gasteiger partial charge in [0.15, 0.2) is 23.9 Å². The van der Waals surface area contributed by atoms with Gasteiger partial charge in [-0.2, -0.15) is 0 Å². The van der Waals surface area contributed by atoms with Crippen molar-refractivity contribution in [3.8, 4) is 11.5 Å². The van der Waals surface area contributed by atoms with Crippen LogP contribution in [0.4, 0.5) is 10.1 Å². The first-order chi connectivity index (χ1) is 12.9. The van der Waals surface area contributed by atoms with E-state index in [1.807, 2.05) is 0 Å². The second kappa shape index (κ2) is 7.65. The van der Waals surface area contributed by atoms with E-state index in [4.69, 9.17) is 14.2 Å². The summed E-state index contributed by atoms with van der Waals surface area (Å²) in [4.78, 5) is 34.2. The summed E-state index contributed by atoms with van der Waals surface area (Å²) in [7, 11) is 0. The zero-order valence-corrected chi connectivity index (χ0v) is 13.7. The Balaban J connectivity index is 1.65. The first-order valence-corrected chi connectivity index (χ1v) is 7.65. The molecule has 0 saturated heterocycles. The molecule has 2 aromatic rings. The van der Waals surface area contributed by atoms with Gasteiger partial charge >= 0.3 is 5.97 Å². The van der Waals surface area contributed by atoms with Crippen LogP contribution < -0.4 is 9.47 Å². The first kappa shape index (κ1) is 18.1. The van der Waals surface area contributed by atoms with E-state index in [1.165, 1.54) is 30.3 Å². The molecule has 2 aromatic carbocycles. The van der Waals surface area contributed by atoms with Gasteiger partial charge in [-0.25, -0.2) is 9.18 Å². The maximum Gasteiger partial charge on any atom is 0.331 e. The second-order valence-electron chi connectivity index (χ2n) is 5.39. The number of nitro benzene ring substituents is 1. The molecule has 0 N–H and O–H groups in total. The van der Waals surface area contributed by atoms with Crippen molar-refractivity contribution >= 4 is 23.5 Å². The summed E-state index contributed by atoms with van der Waals surface area (Å²) in [5.41, 5.74) is 0.0383. The molecule has 9 heteroatoms. The van der Waals surface area contributed by atoms with Gasteiger partial charge < -0.3 is 14.2 Å². The van der Waals surface area contributed by atoms with E-state index in [-0.39, 0.29) is 29.4 Å². The zero-order chi connectivity index (χ0) is 19.4. The van der Waals surface area contributed by atoms with Crippen LogP contribution in [0.3, 0.4) is 0 Å². The molecule has 0 saturated carbocycles. The molecule has 27 heavy (non-hydrogen) atoms. The fourth-order valence-corrected chi connectivity index (χ4v) is 2.30. The van der Waals surface area contributed by atoms with Gasteiger partial charge in [-0.1, -0.05) is 0 Å². The molecule has 138 valence electrons. The Morgan fingerprint density at radius 2 is 1.85 bits per heavy atom. The second-order valence-corrected chi connectivity index (χ2v) is 5.39. The molecular weight excluding hydrogens is 361 g/mol. The molecule has 0 amide bonds. The quantitative estimate of drug-likeness (QED) is 0.252. The van der Waals surface area contributed by atoms with Crippen LogP contribution in [0.2, 0.25) is 0 Å². The fraction of sp³-hybridized carbons (Fsp3) is 0.111. The zero-order valence-electron chi connectivity index (χ0n) is 13.7. The molecule has 1 aliphatic heterocycles. The summed E-state index contributed by atoms with van der Waals surface area (Å²) >= 11 is 0. The minimum atomic E-state index is -0.863. The highest BCUT2D eigenvalue weighted by Crippen LogP contribution is 2.38. The number of Topliss-reactive ketones (excluding diaryl/α,β-unsaturated/α-hetero) is 1. The van der Waals surface area contributed by atoms with Crippen molar-refractivity contribution in [1.29, 1.82) is 0 Å². The summed E-state index contributed by atoms with van der Waals surface area (Å²) < 4.78 is 27.9. The van der Waals surface area contributed by atoms with E-state index in [0.717, 1.165) is 18.2 Å². The standard InChI is InChI=1S/C18H12FNO7/c19-13-4-1-11(2-5-13)15(21)9-25-18(22)6-3-12-7-16-17(27-10-26-16)8-14(12)20(23)24/h1-8H,9-10H2/b6-3+. The van der Waals surface area contributed by atoms with Gasteiger partial charge in [0.2, 0.25) is 6.79 Å². The van der Waals surface area contributed by atoms with E-state index in [1.54, 1.807) is 0 Å². The molecule has 1 heterocycles. The third kappa shape index (κ3) is 4.27. The highest BCUT2D eigenvalue weighted by Gasteiger charge is 2.22. The molecule has 3 rings (SSSR count). The Morgan fingerprint density at radius 3 is 2.52 bits per heavy atom. The Labute approximate surface area is 151 Å².